The van der Waals surface area contributed by atoms with E-state index >= 15 is 0 Å². The molecule has 0 aromatic heterocycles. The van der Waals surface area contributed by atoms with Crippen LogP contribution < -0.4 is 0 Å². The zero-order valence-corrected chi connectivity index (χ0v) is 13.0. The summed E-state index contributed by atoms with van der Waals surface area (Å²) in [6.45, 7) is 6.48. The van der Waals surface area contributed by atoms with Gasteiger partial charge in [-0.2, -0.15) is 22.5 Å². The van der Waals surface area contributed by atoms with Gasteiger partial charge >= 0.3 is 0 Å². The number of rotatable bonds is 1. The van der Waals surface area contributed by atoms with Crippen molar-refractivity contribution in [3.05, 3.63) is 0 Å². The van der Waals surface area contributed by atoms with Gasteiger partial charge < -0.3 is 0 Å². The predicted molar refractivity (Wildman–Crippen MR) is 75.3 cm³/mol. The van der Waals surface area contributed by atoms with Crippen LogP contribution in [0.4, 0.5) is 0 Å². The van der Waals surface area contributed by atoms with Gasteiger partial charge in [0.15, 0.2) is 0 Å². The van der Waals surface area contributed by atoms with Crippen LogP contribution in [0.15, 0.2) is 0 Å². The van der Waals surface area contributed by atoms with Crippen LogP contribution in [0.1, 0.15) is 33.6 Å². The highest BCUT2D eigenvalue weighted by Gasteiger charge is 2.43. The maximum atomic E-state index is 6.31. The Labute approximate surface area is 107 Å². The Bertz CT molecular complexity index is 183. The van der Waals surface area contributed by atoms with Crippen LogP contribution >= 0.6 is 45.7 Å². The van der Waals surface area contributed by atoms with E-state index in [1.54, 1.807) is 0 Å². The molecular weight excluding hydrogens is 254 g/mol. The van der Waals surface area contributed by atoms with E-state index in [2.05, 4.69) is 26.5 Å². The number of hydrogen-bond acceptors (Lipinski definition) is 1. The van der Waals surface area contributed by atoms with Gasteiger partial charge in [0.2, 0.25) is 0 Å². The van der Waals surface area contributed by atoms with E-state index in [1.165, 1.54) is 0 Å². The molecule has 5 atom stereocenters. The minimum atomic E-state index is -0.265. The van der Waals surface area contributed by atoms with E-state index < -0.39 is 0 Å². The minimum absolute atomic E-state index is 0. The SMILES string of the molecule is CC(C)C1CCC(C)(Cl)C(Cl)C1S.P. The summed E-state index contributed by atoms with van der Waals surface area (Å²) >= 11 is 17.2. The summed E-state index contributed by atoms with van der Waals surface area (Å²) in [7, 11) is 0. The molecule has 0 bridgehead atoms. The van der Waals surface area contributed by atoms with Gasteiger partial charge in [0.05, 0.1) is 10.3 Å². The molecule has 0 saturated heterocycles. The zero-order chi connectivity index (χ0) is 10.2. The van der Waals surface area contributed by atoms with Gasteiger partial charge in [-0.15, -0.1) is 23.2 Å². The fraction of sp³-hybridized carbons (Fsp3) is 1.00. The number of thiol groups is 1. The Balaban J connectivity index is 0.00000169. The van der Waals surface area contributed by atoms with E-state index in [0.717, 1.165) is 12.8 Å². The van der Waals surface area contributed by atoms with E-state index in [4.69, 9.17) is 23.2 Å². The van der Waals surface area contributed by atoms with Crippen LogP contribution in [0, 0.1) is 11.8 Å². The second-order valence-corrected chi connectivity index (χ2v) is 6.55. The molecule has 1 fully saturated rings. The lowest BCUT2D eigenvalue weighted by molar-refractivity contribution is 0.263. The highest BCUT2D eigenvalue weighted by Crippen LogP contribution is 2.44. The van der Waals surface area contributed by atoms with Crippen molar-refractivity contribution < 1.29 is 0 Å². The Morgan fingerprint density at radius 2 is 1.93 bits per heavy atom. The summed E-state index contributed by atoms with van der Waals surface area (Å²) in [5.74, 6) is 1.26. The molecule has 1 saturated carbocycles. The highest BCUT2D eigenvalue weighted by atomic mass is 35.5. The highest BCUT2D eigenvalue weighted by molar-refractivity contribution is 7.81. The molecule has 1 rings (SSSR count). The molecule has 86 valence electrons. The molecule has 4 heteroatoms. The van der Waals surface area contributed by atoms with E-state index in [9.17, 15) is 0 Å². The molecule has 0 aliphatic heterocycles. The first kappa shape index (κ1) is 15.4. The molecule has 0 radical (unpaired) electrons. The molecule has 0 aromatic rings. The third-order valence-corrected chi connectivity index (χ3v) is 5.28. The fourth-order valence-electron chi connectivity index (χ4n) is 2.06. The molecule has 0 spiro atoms. The number of halogens is 2. The average Bonchev–Trinajstić information content (AvgIpc) is 2.00. The second kappa shape index (κ2) is 5.62. The normalized spacial score (nSPS) is 43.5. The Kier molecular flexibility index (Phi) is 6.16. The molecule has 0 N–H and O–H groups in total. The molecular formula is C10H21Cl2PS. The van der Waals surface area contributed by atoms with E-state index in [1.807, 2.05) is 6.92 Å². The minimum Gasteiger partial charge on any atom is -0.174 e. The maximum Gasteiger partial charge on any atom is 0.0643 e. The van der Waals surface area contributed by atoms with Crippen molar-refractivity contribution in [1.29, 1.82) is 0 Å². The summed E-state index contributed by atoms with van der Waals surface area (Å²) in [6.07, 6.45) is 2.15. The first-order valence-electron chi connectivity index (χ1n) is 4.87. The van der Waals surface area contributed by atoms with Crippen LogP contribution in [0.2, 0.25) is 0 Å². The van der Waals surface area contributed by atoms with Gasteiger partial charge in [-0.3, -0.25) is 0 Å². The molecule has 1 aliphatic rings. The van der Waals surface area contributed by atoms with Crippen molar-refractivity contribution in [3.63, 3.8) is 0 Å². The lowest BCUT2D eigenvalue weighted by atomic mass is 9.76. The van der Waals surface area contributed by atoms with Crippen LogP contribution in [0.5, 0.6) is 0 Å². The average molecular weight is 275 g/mol. The summed E-state index contributed by atoms with van der Waals surface area (Å²) in [5.41, 5.74) is 0. The molecule has 0 amide bonds. The Morgan fingerprint density at radius 3 is 2.36 bits per heavy atom. The van der Waals surface area contributed by atoms with Crippen LogP contribution in [0.25, 0.3) is 0 Å². The lowest BCUT2D eigenvalue weighted by Crippen LogP contribution is -2.46. The van der Waals surface area contributed by atoms with Gasteiger partial charge in [0.1, 0.15) is 0 Å². The first-order chi connectivity index (χ1) is 5.86. The molecule has 0 aromatic carbocycles. The van der Waals surface area contributed by atoms with Gasteiger partial charge in [-0.25, -0.2) is 0 Å². The van der Waals surface area contributed by atoms with Gasteiger partial charge in [-0.05, 0) is 31.6 Å². The molecule has 14 heavy (non-hydrogen) atoms. The Hall–Kier alpha value is 1.36. The summed E-state index contributed by atoms with van der Waals surface area (Å²) in [4.78, 5) is -0.265. The van der Waals surface area contributed by atoms with Crippen molar-refractivity contribution in [1.82, 2.24) is 0 Å². The summed E-state index contributed by atoms with van der Waals surface area (Å²) in [5, 5.41) is 0.219. The molecule has 0 nitrogen and oxygen atoms in total. The topological polar surface area (TPSA) is 0 Å². The largest absolute Gasteiger partial charge is 0.174 e. The molecule has 5 unspecified atom stereocenters. The van der Waals surface area contributed by atoms with Crippen LogP contribution in [-0.4, -0.2) is 15.5 Å². The molecule has 0 heterocycles. The molecule has 1 aliphatic carbocycles. The monoisotopic (exact) mass is 274 g/mol. The van der Waals surface area contributed by atoms with Crippen LogP contribution in [-0.2, 0) is 0 Å². The van der Waals surface area contributed by atoms with Crippen molar-refractivity contribution in [2.45, 2.75) is 49.1 Å². The fourth-order valence-corrected chi connectivity index (χ4v) is 3.51. The van der Waals surface area contributed by atoms with Gasteiger partial charge in [0.25, 0.3) is 0 Å². The summed E-state index contributed by atoms with van der Waals surface area (Å²) < 4.78 is 0. The predicted octanol–water partition coefficient (Wildman–Crippen LogP) is 4.01. The van der Waals surface area contributed by atoms with Crippen molar-refractivity contribution in [2.75, 3.05) is 0 Å². The third-order valence-electron chi connectivity index (χ3n) is 3.14. The van der Waals surface area contributed by atoms with Gasteiger partial charge in [0, 0.05) is 5.25 Å². The number of hydrogen-bond donors (Lipinski definition) is 1. The maximum absolute atomic E-state index is 6.31. The van der Waals surface area contributed by atoms with Crippen molar-refractivity contribution in [2.24, 2.45) is 11.8 Å². The summed E-state index contributed by atoms with van der Waals surface area (Å²) in [6, 6.07) is 0. The Morgan fingerprint density at radius 1 is 1.43 bits per heavy atom. The lowest BCUT2D eigenvalue weighted by Gasteiger charge is -2.43. The standard InChI is InChI=1S/C10H18Cl2S.H3P/c1-6(2)7-4-5-10(3,12)9(11)8(7)13;/h6-9,13H,4-5H2,1-3H3;1H3. The van der Waals surface area contributed by atoms with Crippen LogP contribution in [0.3, 0.4) is 0 Å². The third kappa shape index (κ3) is 3.17. The second-order valence-electron chi connectivity index (χ2n) is 4.62. The zero-order valence-electron chi connectivity index (χ0n) is 9.13. The van der Waals surface area contributed by atoms with E-state index in [-0.39, 0.29) is 25.4 Å². The first-order valence-corrected chi connectivity index (χ1v) is 6.20. The number of alkyl halides is 2. The van der Waals surface area contributed by atoms with Crippen molar-refractivity contribution >= 4 is 45.7 Å². The van der Waals surface area contributed by atoms with Gasteiger partial charge in [-0.1, -0.05) is 13.8 Å². The van der Waals surface area contributed by atoms with E-state index in [0.29, 0.717) is 11.8 Å². The quantitative estimate of drug-likeness (QED) is 0.417. The smallest absolute Gasteiger partial charge is 0.0643 e. The van der Waals surface area contributed by atoms with Crippen molar-refractivity contribution in [3.8, 4) is 0 Å².